The number of pyridine rings is 1. The molecule has 0 bridgehead atoms. The van der Waals surface area contributed by atoms with Crippen LogP contribution in [0.25, 0.3) is 10.9 Å². The zero-order chi connectivity index (χ0) is 13.9. The fourth-order valence-corrected chi connectivity index (χ4v) is 2.57. The molecule has 1 aromatic carbocycles. The Hall–Kier alpha value is -2.40. The largest absolute Gasteiger partial charge is 0.497 e. The predicted molar refractivity (Wildman–Crippen MR) is 80.6 cm³/mol. The topological polar surface area (TPSA) is 51.2 Å². The minimum absolute atomic E-state index is 0.115. The van der Waals surface area contributed by atoms with Gasteiger partial charge in [0.15, 0.2) is 0 Å². The fourth-order valence-electron chi connectivity index (χ4n) is 1.95. The van der Waals surface area contributed by atoms with Gasteiger partial charge < -0.3 is 10.1 Å². The number of benzene rings is 1. The van der Waals surface area contributed by atoms with Crippen molar-refractivity contribution in [2.45, 2.75) is 0 Å². The maximum atomic E-state index is 12.1. The number of fused-ring (bicyclic) bond motifs is 1. The molecule has 0 radical (unpaired) electrons. The Balaban J connectivity index is 2.00. The van der Waals surface area contributed by atoms with Crippen LogP contribution in [0.5, 0.6) is 5.75 Å². The number of carbonyl (C=O) groups is 1. The molecule has 2 aromatic heterocycles. The first-order valence-corrected chi connectivity index (χ1v) is 6.93. The molecule has 0 aliphatic rings. The van der Waals surface area contributed by atoms with Crippen LogP contribution in [0.3, 0.4) is 0 Å². The van der Waals surface area contributed by atoms with Gasteiger partial charge in [-0.1, -0.05) is 6.07 Å². The third kappa shape index (κ3) is 2.35. The summed E-state index contributed by atoms with van der Waals surface area (Å²) < 4.78 is 5.22. The van der Waals surface area contributed by atoms with Gasteiger partial charge in [0.1, 0.15) is 5.75 Å². The summed E-state index contributed by atoms with van der Waals surface area (Å²) in [5.74, 6) is 0.618. The molecular formula is C15H12N2O2S. The third-order valence-electron chi connectivity index (χ3n) is 2.94. The standard InChI is InChI=1S/C15H12N2O2S/c1-19-10-4-5-12-11(9-10)13(6-7-16-12)17-15(18)14-3-2-8-20-14/h2-9H,1H3,(H,16,17,18). The van der Waals surface area contributed by atoms with E-state index in [2.05, 4.69) is 10.3 Å². The van der Waals surface area contributed by atoms with E-state index >= 15 is 0 Å². The molecule has 1 amide bonds. The Labute approximate surface area is 120 Å². The van der Waals surface area contributed by atoms with E-state index in [9.17, 15) is 4.79 Å². The van der Waals surface area contributed by atoms with Crippen molar-refractivity contribution in [2.75, 3.05) is 12.4 Å². The molecule has 100 valence electrons. The SMILES string of the molecule is COc1ccc2nccc(NC(=O)c3cccs3)c2c1. The number of hydrogen-bond acceptors (Lipinski definition) is 4. The number of nitrogens with one attached hydrogen (secondary N) is 1. The van der Waals surface area contributed by atoms with Gasteiger partial charge >= 0.3 is 0 Å². The van der Waals surface area contributed by atoms with Crippen LogP contribution in [-0.2, 0) is 0 Å². The summed E-state index contributed by atoms with van der Waals surface area (Å²) >= 11 is 1.41. The number of anilines is 1. The third-order valence-corrected chi connectivity index (χ3v) is 3.81. The van der Waals surface area contributed by atoms with Crippen molar-refractivity contribution >= 4 is 33.8 Å². The van der Waals surface area contributed by atoms with E-state index in [1.165, 1.54) is 11.3 Å². The number of methoxy groups -OCH3 is 1. The van der Waals surface area contributed by atoms with Gasteiger partial charge in [-0.3, -0.25) is 9.78 Å². The minimum Gasteiger partial charge on any atom is -0.497 e. The molecule has 0 saturated heterocycles. The molecule has 0 atom stereocenters. The van der Waals surface area contributed by atoms with E-state index in [1.54, 1.807) is 25.4 Å². The van der Waals surface area contributed by atoms with Gasteiger partial charge in [0, 0.05) is 11.6 Å². The van der Waals surface area contributed by atoms with Gasteiger partial charge in [-0.2, -0.15) is 0 Å². The molecule has 4 nitrogen and oxygen atoms in total. The number of thiophene rings is 1. The van der Waals surface area contributed by atoms with Crippen LogP contribution in [0.15, 0.2) is 48.0 Å². The molecule has 0 spiro atoms. The molecule has 3 rings (SSSR count). The summed E-state index contributed by atoms with van der Waals surface area (Å²) in [6, 6.07) is 11.0. The Morgan fingerprint density at radius 1 is 1.30 bits per heavy atom. The lowest BCUT2D eigenvalue weighted by atomic mass is 10.1. The van der Waals surface area contributed by atoms with Crippen LogP contribution >= 0.6 is 11.3 Å². The van der Waals surface area contributed by atoms with E-state index in [0.29, 0.717) is 4.88 Å². The van der Waals surface area contributed by atoms with Crippen LogP contribution in [-0.4, -0.2) is 18.0 Å². The lowest BCUT2D eigenvalue weighted by Gasteiger charge is -2.08. The van der Waals surface area contributed by atoms with Crippen molar-refractivity contribution in [3.63, 3.8) is 0 Å². The van der Waals surface area contributed by atoms with Crippen molar-refractivity contribution in [1.29, 1.82) is 0 Å². The molecule has 5 heteroatoms. The Morgan fingerprint density at radius 3 is 2.95 bits per heavy atom. The van der Waals surface area contributed by atoms with Gasteiger partial charge in [0.2, 0.25) is 0 Å². The lowest BCUT2D eigenvalue weighted by molar-refractivity contribution is 0.103. The first-order valence-electron chi connectivity index (χ1n) is 6.05. The first kappa shape index (κ1) is 12.6. The van der Waals surface area contributed by atoms with Gasteiger partial charge in [-0.15, -0.1) is 11.3 Å². The first-order chi connectivity index (χ1) is 9.78. The van der Waals surface area contributed by atoms with Crippen molar-refractivity contribution in [1.82, 2.24) is 4.98 Å². The lowest BCUT2D eigenvalue weighted by Crippen LogP contribution is -2.10. The van der Waals surface area contributed by atoms with Crippen LogP contribution in [0.4, 0.5) is 5.69 Å². The summed E-state index contributed by atoms with van der Waals surface area (Å²) in [5, 5.41) is 5.65. The summed E-state index contributed by atoms with van der Waals surface area (Å²) in [5.41, 5.74) is 1.54. The van der Waals surface area contributed by atoms with Gasteiger partial charge in [-0.25, -0.2) is 0 Å². The van der Waals surface area contributed by atoms with Gasteiger partial charge in [0.05, 0.1) is 23.2 Å². The maximum Gasteiger partial charge on any atom is 0.265 e. The minimum atomic E-state index is -0.115. The molecule has 2 heterocycles. The van der Waals surface area contributed by atoms with Gasteiger partial charge in [0.25, 0.3) is 5.91 Å². The highest BCUT2D eigenvalue weighted by Gasteiger charge is 2.10. The van der Waals surface area contributed by atoms with Crippen molar-refractivity contribution in [2.24, 2.45) is 0 Å². The van der Waals surface area contributed by atoms with Crippen LogP contribution in [0.2, 0.25) is 0 Å². The molecular weight excluding hydrogens is 272 g/mol. The highest BCUT2D eigenvalue weighted by Crippen LogP contribution is 2.26. The van der Waals surface area contributed by atoms with Crippen molar-refractivity contribution < 1.29 is 9.53 Å². The maximum absolute atomic E-state index is 12.1. The second-order valence-electron chi connectivity index (χ2n) is 4.17. The summed E-state index contributed by atoms with van der Waals surface area (Å²) in [4.78, 5) is 17.1. The highest BCUT2D eigenvalue weighted by atomic mass is 32.1. The fraction of sp³-hybridized carbons (Fsp3) is 0.0667. The zero-order valence-electron chi connectivity index (χ0n) is 10.8. The van der Waals surface area contributed by atoms with E-state index in [1.807, 2.05) is 29.6 Å². The molecule has 0 fully saturated rings. The zero-order valence-corrected chi connectivity index (χ0v) is 11.6. The van der Waals surface area contributed by atoms with E-state index < -0.39 is 0 Å². The van der Waals surface area contributed by atoms with Crippen LogP contribution < -0.4 is 10.1 Å². The Kier molecular flexibility index (Phi) is 3.35. The molecule has 0 aliphatic carbocycles. The smallest absolute Gasteiger partial charge is 0.265 e. The molecule has 1 N–H and O–H groups in total. The highest BCUT2D eigenvalue weighted by molar-refractivity contribution is 7.12. The summed E-state index contributed by atoms with van der Waals surface area (Å²) in [6.45, 7) is 0. The average molecular weight is 284 g/mol. The average Bonchev–Trinajstić information content (AvgIpc) is 3.01. The second-order valence-corrected chi connectivity index (χ2v) is 5.12. The predicted octanol–water partition coefficient (Wildman–Crippen LogP) is 3.56. The Morgan fingerprint density at radius 2 is 2.20 bits per heavy atom. The van der Waals surface area contributed by atoms with Crippen LogP contribution in [0, 0.1) is 0 Å². The normalized spacial score (nSPS) is 10.4. The molecule has 20 heavy (non-hydrogen) atoms. The van der Waals surface area contributed by atoms with Crippen LogP contribution in [0.1, 0.15) is 9.67 Å². The number of nitrogens with zero attached hydrogens (tertiary/aromatic N) is 1. The number of hydrogen-bond donors (Lipinski definition) is 1. The Bertz CT molecular complexity index is 754. The molecule has 0 unspecified atom stereocenters. The van der Waals surface area contributed by atoms with Crippen molar-refractivity contribution in [3.05, 3.63) is 52.9 Å². The molecule has 0 saturated carbocycles. The second kappa shape index (κ2) is 5.30. The quantitative estimate of drug-likeness (QED) is 0.800. The summed E-state index contributed by atoms with van der Waals surface area (Å²) in [6.07, 6.45) is 1.68. The number of rotatable bonds is 3. The number of aromatic nitrogens is 1. The number of amides is 1. The monoisotopic (exact) mass is 284 g/mol. The molecule has 0 aliphatic heterocycles. The number of carbonyl (C=O) groups excluding carboxylic acids is 1. The molecule has 3 aromatic rings. The summed E-state index contributed by atoms with van der Waals surface area (Å²) in [7, 11) is 1.61. The van der Waals surface area contributed by atoms with E-state index in [-0.39, 0.29) is 5.91 Å². The number of ether oxygens (including phenoxy) is 1. The van der Waals surface area contributed by atoms with Crippen molar-refractivity contribution in [3.8, 4) is 5.75 Å². The van der Waals surface area contributed by atoms with Gasteiger partial charge in [-0.05, 0) is 35.7 Å². The van der Waals surface area contributed by atoms with E-state index in [4.69, 9.17) is 4.74 Å². The van der Waals surface area contributed by atoms with E-state index in [0.717, 1.165) is 22.3 Å².